The third-order valence-electron chi connectivity index (χ3n) is 2.41. The fourth-order valence-electron chi connectivity index (χ4n) is 1.58. The number of morpholine rings is 1. The SMILES string of the molecule is O=S(=O)(S)c1cc[c]c(N2CCOCC2)c1. The van der Waals surface area contributed by atoms with Crippen molar-refractivity contribution in [1.82, 2.24) is 0 Å². The number of ether oxygens (including phenoxy) is 1. The minimum Gasteiger partial charge on any atom is -0.378 e. The third-order valence-corrected chi connectivity index (χ3v) is 3.89. The van der Waals surface area contributed by atoms with Crippen molar-refractivity contribution in [3.63, 3.8) is 0 Å². The van der Waals surface area contributed by atoms with Crippen LogP contribution in [0.2, 0.25) is 0 Å². The quantitative estimate of drug-likeness (QED) is 0.633. The number of thiol groups is 1. The van der Waals surface area contributed by atoms with Gasteiger partial charge in [-0.2, -0.15) is 0 Å². The Morgan fingerprint density at radius 2 is 2.06 bits per heavy atom. The lowest BCUT2D eigenvalue weighted by atomic mass is 10.2. The van der Waals surface area contributed by atoms with E-state index in [1.165, 1.54) is 6.07 Å². The Morgan fingerprint density at radius 1 is 1.38 bits per heavy atom. The number of benzene rings is 1. The van der Waals surface area contributed by atoms with Crippen LogP contribution in [0.4, 0.5) is 5.69 Å². The minimum atomic E-state index is -3.45. The van der Waals surface area contributed by atoms with Crippen LogP contribution in [-0.2, 0) is 13.6 Å². The molecule has 1 aromatic rings. The van der Waals surface area contributed by atoms with Crippen LogP contribution in [0.3, 0.4) is 0 Å². The van der Waals surface area contributed by atoms with E-state index in [4.69, 9.17) is 4.74 Å². The van der Waals surface area contributed by atoms with E-state index in [2.05, 4.69) is 17.7 Å². The summed E-state index contributed by atoms with van der Waals surface area (Å²) in [5, 5.41) is 0. The van der Waals surface area contributed by atoms with Crippen LogP contribution in [-0.4, -0.2) is 34.7 Å². The molecule has 87 valence electrons. The lowest BCUT2D eigenvalue weighted by Gasteiger charge is -2.28. The third kappa shape index (κ3) is 2.69. The molecule has 1 aliphatic heterocycles. The molecule has 4 nitrogen and oxygen atoms in total. The Bertz CT molecular complexity index is 467. The Hall–Kier alpha value is -0.720. The van der Waals surface area contributed by atoms with Crippen molar-refractivity contribution >= 4 is 26.2 Å². The van der Waals surface area contributed by atoms with E-state index in [0.717, 1.165) is 18.8 Å². The van der Waals surface area contributed by atoms with Crippen LogP contribution >= 0.6 is 11.7 Å². The van der Waals surface area contributed by atoms with Gasteiger partial charge in [-0.3, -0.25) is 0 Å². The molecule has 0 spiro atoms. The van der Waals surface area contributed by atoms with Gasteiger partial charge in [-0.15, -0.1) is 0 Å². The molecular formula is C10H12NO3S2. The Kier molecular flexibility index (Phi) is 3.41. The zero-order chi connectivity index (χ0) is 11.6. The highest BCUT2D eigenvalue weighted by Gasteiger charge is 2.14. The molecule has 1 saturated heterocycles. The summed E-state index contributed by atoms with van der Waals surface area (Å²) in [6.07, 6.45) is 0. The summed E-state index contributed by atoms with van der Waals surface area (Å²) in [6.45, 7) is 2.83. The first-order valence-electron chi connectivity index (χ1n) is 4.89. The molecule has 0 saturated carbocycles. The van der Waals surface area contributed by atoms with Crippen molar-refractivity contribution in [2.45, 2.75) is 4.90 Å². The molecule has 1 fully saturated rings. The molecule has 6 heteroatoms. The molecule has 0 unspecified atom stereocenters. The zero-order valence-corrected chi connectivity index (χ0v) is 10.3. The molecule has 2 rings (SSSR count). The lowest BCUT2D eigenvalue weighted by Crippen LogP contribution is -2.36. The standard InChI is InChI=1S/C10H12NO3S2/c12-16(13,15)10-3-1-2-9(8-10)11-4-6-14-7-5-11/h1,3,8H,4-7H2,(H,12,13,15). The van der Waals surface area contributed by atoms with Crippen LogP contribution in [0, 0.1) is 6.07 Å². The van der Waals surface area contributed by atoms with Gasteiger partial charge in [-0.05, 0) is 23.8 Å². The van der Waals surface area contributed by atoms with E-state index >= 15 is 0 Å². The summed E-state index contributed by atoms with van der Waals surface area (Å²) < 4.78 is 27.8. The van der Waals surface area contributed by atoms with E-state index in [0.29, 0.717) is 13.2 Å². The maximum Gasteiger partial charge on any atom is 0.227 e. The summed E-state index contributed by atoms with van der Waals surface area (Å²) in [4.78, 5) is 2.25. The van der Waals surface area contributed by atoms with E-state index in [1.807, 2.05) is 4.90 Å². The topological polar surface area (TPSA) is 46.6 Å². The van der Waals surface area contributed by atoms with Crippen molar-refractivity contribution in [3.8, 4) is 0 Å². The fourth-order valence-corrected chi connectivity index (χ4v) is 2.42. The first-order chi connectivity index (χ1) is 7.57. The van der Waals surface area contributed by atoms with Gasteiger partial charge in [0, 0.05) is 24.8 Å². The summed E-state index contributed by atoms with van der Waals surface area (Å²) in [5.74, 6) is 0. The van der Waals surface area contributed by atoms with Gasteiger partial charge in [0.25, 0.3) is 0 Å². The minimum absolute atomic E-state index is 0.205. The van der Waals surface area contributed by atoms with Crippen molar-refractivity contribution in [1.29, 1.82) is 0 Å². The summed E-state index contributed by atoms with van der Waals surface area (Å²) in [5.41, 5.74) is 0.776. The molecule has 0 atom stereocenters. The van der Waals surface area contributed by atoms with Crippen LogP contribution < -0.4 is 4.90 Å². The molecule has 0 aromatic heterocycles. The summed E-state index contributed by atoms with van der Waals surface area (Å²) in [6, 6.07) is 7.71. The molecule has 0 N–H and O–H groups in total. The molecule has 0 amide bonds. The predicted octanol–water partition coefficient (Wildman–Crippen LogP) is 0.942. The molecular weight excluding hydrogens is 246 g/mol. The average molecular weight is 258 g/mol. The van der Waals surface area contributed by atoms with Gasteiger partial charge >= 0.3 is 0 Å². The molecule has 1 radical (unpaired) electrons. The number of nitrogens with zero attached hydrogens (tertiary/aromatic N) is 1. The molecule has 16 heavy (non-hydrogen) atoms. The van der Waals surface area contributed by atoms with Gasteiger partial charge in [-0.1, -0.05) is 6.07 Å². The highest BCUT2D eigenvalue weighted by atomic mass is 33.1. The largest absolute Gasteiger partial charge is 0.378 e. The Labute approximate surface area is 99.9 Å². The highest BCUT2D eigenvalue weighted by Crippen LogP contribution is 2.21. The van der Waals surface area contributed by atoms with E-state index in [1.54, 1.807) is 12.1 Å². The van der Waals surface area contributed by atoms with Gasteiger partial charge in [0.15, 0.2) is 0 Å². The first-order valence-corrected chi connectivity index (χ1v) is 7.43. The second-order valence-electron chi connectivity index (χ2n) is 3.48. The van der Waals surface area contributed by atoms with Crippen molar-refractivity contribution in [3.05, 3.63) is 24.3 Å². The van der Waals surface area contributed by atoms with Crippen LogP contribution in [0.15, 0.2) is 23.1 Å². The van der Waals surface area contributed by atoms with Crippen LogP contribution in [0.1, 0.15) is 0 Å². The van der Waals surface area contributed by atoms with Gasteiger partial charge in [0.05, 0.1) is 18.1 Å². The van der Waals surface area contributed by atoms with Gasteiger partial charge in [0.1, 0.15) is 0 Å². The average Bonchev–Trinajstić information content (AvgIpc) is 2.29. The second kappa shape index (κ2) is 4.65. The molecule has 0 aliphatic carbocycles. The number of anilines is 1. The monoisotopic (exact) mass is 258 g/mol. The predicted molar refractivity (Wildman–Crippen MR) is 64.5 cm³/mol. The van der Waals surface area contributed by atoms with E-state index in [-0.39, 0.29) is 4.90 Å². The normalized spacial score (nSPS) is 17.4. The van der Waals surface area contributed by atoms with Crippen molar-refractivity contribution in [2.24, 2.45) is 0 Å². The fraction of sp³-hybridized carbons (Fsp3) is 0.400. The zero-order valence-electron chi connectivity index (χ0n) is 8.59. The summed E-state index contributed by atoms with van der Waals surface area (Å²) >= 11 is 3.57. The summed E-state index contributed by atoms with van der Waals surface area (Å²) in [7, 11) is -3.45. The van der Waals surface area contributed by atoms with Gasteiger partial charge in [-0.25, -0.2) is 8.42 Å². The maximum atomic E-state index is 11.3. The van der Waals surface area contributed by atoms with Gasteiger partial charge < -0.3 is 9.64 Å². The second-order valence-corrected chi connectivity index (χ2v) is 6.35. The van der Waals surface area contributed by atoms with E-state index in [9.17, 15) is 8.42 Å². The van der Waals surface area contributed by atoms with Gasteiger partial charge in [0.2, 0.25) is 8.87 Å². The van der Waals surface area contributed by atoms with Crippen molar-refractivity contribution in [2.75, 3.05) is 31.2 Å². The van der Waals surface area contributed by atoms with Crippen LogP contribution in [0.5, 0.6) is 0 Å². The van der Waals surface area contributed by atoms with E-state index < -0.39 is 8.87 Å². The number of hydrogen-bond acceptors (Lipinski definition) is 4. The Balaban J connectivity index is 2.28. The molecule has 0 bridgehead atoms. The number of rotatable bonds is 2. The Morgan fingerprint density at radius 3 is 2.69 bits per heavy atom. The van der Waals surface area contributed by atoms with Crippen molar-refractivity contribution < 1.29 is 13.2 Å². The smallest absolute Gasteiger partial charge is 0.227 e. The first kappa shape index (κ1) is 11.8. The van der Waals surface area contributed by atoms with Crippen LogP contribution in [0.25, 0.3) is 0 Å². The molecule has 1 aliphatic rings. The highest BCUT2D eigenvalue weighted by molar-refractivity contribution is 8.63. The maximum absolute atomic E-state index is 11.3. The molecule has 1 aromatic carbocycles. The number of hydrogen-bond donors (Lipinski definition) is 1. The lowest BCUT2D eigenvalue weighted by molar-refractivity contribution is 0.122. The molecule has 1 heterocycles.